The van der Waals surface area contributed by atoms with E-state index in [2.05, 4.69) is 21.2 Å². The maximum absolute atomic E-state index is 12.9. The highest BCUT2D eigenvalue weighted by Crippen LogP contribution is 2.32. The second-order valence-electron chi connectivity index (χ2n) is 5.09. The third kappa shape index (κ3) is 3.44. The van der Waals surface area contributed by atoms with E-state index in [0.29, 0.717) is 11.4 Å². The highest BCUT2D eigenvalue weighted by atomic mass is 79.9. The van der Waals surface area contributed by atoms with E-state index in [1.54, 1.807) is 10.4 Å². The zero-order chi connectivity index (χ0) is 14.8. The van der Waals surface area contributed by atoms with Gasteiger partial charge in [-0.3, -0.25) is 0 Å². The summed E-state index contributed by atoms with van der Waals surface area (Å²) in [5, 5.41) is 3.30. The monoisotopic (exact) mass is 380 g/mol. The van der Waals surface area contributed by atoms with Crippen molar-refractivity contribution in [2.45, 2.75) is 44.0 Å². The maximum atomic E-state index is 12.9. The molecular formula is C13H21BrN2O2S2. The highest BCUT2D eigenvalue weighted by Gasteiger charge is 2.33. The normalized spacial score (nSPS) is 20.5. The standard InChI is InChI=1S/C13H21BrN2O2S2/c1-3-7-16(11-5-4-6-15-9-11)20(17,18)12-8-13(14)19-10(12)2/h8,11,15H,3-7,9H2,1-2H3. The minimum atomic E-state index is -3.40. The largest absolute Gasteiger partial charge is 0.315 e. The van der Waals surface area contributed by atoms with E-state index < -0.39 is 10.0 Å². The van der Waals surface area contributed by atoms with Gasteiger partial charge in [-0.05, 0) is 54.7 Å². The first-order valence-electron chi connectivity index (χ1n) is 6.95. The molecule has 1 fully saturated rings. The van der Waals surface area contributed by atoms with Crippen molar-refractivity contribution in [1.29, 1.82) is 0 Å². The lowest BCUT2D eigenvalue weighted by Crippen LogP contribution is -2.48. The second-order valence-corrected chi connectivity index (χ2v) is 9.58. The smallest absolute Gasteiger partial charge is 0.244 e. The van der Waals surface area contributed by atoms with Gasteiger partial charge in [0.1, 0.15) is 0 Å². The molecule has 1 N–H and O–H groups in total. The van der Waals surface area contributed by atoms with Crippen LogP contribution in [0.3, 0.4) is 0 Å². The van der Waals surface area contributed by atoms with Crippen LogP contribution in [0.1, 0.15) is 31.1 Å². The average Bonchev–Trinajstić information content (AvgIpc) is 2.76. The van der Waals surface area contributed by atoms with Crippen molar-refractivity contribution in [3.05, 3.63) is 14.7 Å². The lowest BCUT2D eigenvalue weighted by atomic mass is 10.1. The van der Waals surface area contributed by atoms with Crippen LogP contribution < -0.4 is 5.32 Å². The van der Waals surface area contributed by atoms with E-state index in [1.165, 1.54) is 11.3 Å². The molecule has 0 aromatic carbocycles. The van der Waals surface area contributed by atoms with E-state index in [1.807, 2.05) is 13.8 Å². The van der Waals surface area contributed by atoms with Gasteiger partial charge in [-0.15, -0.1) is 11.3 Å². The van der Waals surface area contributed by atoms with Crippen molar-refractivity contribution in [1.82, 2.24) is 9.62 Å². The van der Waals surface area contributed by atoms with E-state index >= 15 is 0 Å². The van der Waals surface area contributed by atoms with Crippen LogP contribution in [-0.2, 0) is 10.0 Å². The average molecular weight is 381 g/mol. The van der Waals surface area contributed by atoms with Crippen molar-refractivity contribution in [3.63, 3.8) is 0 Å². The zero-order valence-electron chi connectivity index (χ0n) is 11.9. The molecule has 0 amide bonds. The SMILES string of the molecule is CCCN(C1CCCNC1)S(=O)(=O)c1cc(Br)sc1C. The molecule has 0 aliphatic carbocycles. The van der Waals surface area contributed by atoms with Crippen LogP contribution in [0.2, 0.25) is 0 Å². The lowest BCUT2D eigenvalue weighted by Gasteiger charge is -2.33. The van der Waals surface area contributed by atoms with Gasteiger partial charge in [0.25, 0.3) is 0 Å². The molecule has 2 rings (SSSR count). The molecule has 4 nitrogen and oxygen atoms in total. The molecule has 0 bridgehead atoms. The van der Waals surface area contributed by atoms with Gasteiger partial charge in [0, 0.05) is 24.0 Å². The fourth-order valence-electron chi connectivity index (χ4n) is 2.61. The maximum Gasteiger partial charge on any atom is 0.244 e. The predicted molar refractivity (Wildman–Crippen MR) is 86.8 cm³/mol. The van der Waals surface area contributed by atoms with Gasteiger partial charge in [-0.25, -0.2) is 8.42 Å². The molecule has 2 heterocycles. The van der Waals surface area contributed by atoms with Crippen LogP contribution in [-0.4, -0.2) is 38.4 Å². The Balaban J connectivity index is 2.33. The molecule has 20 heavy (non-hydrogen) atoms. The van der Waals surface area contributed by atoms with Gasteiger partial charge in [0.2, 0.25) is 10.0 Å². The van der Waals surface area contributed by atoms with Gasteiger partial charge >= 0.3 is 0 Å². The number of hydrogen-bond donors (Lipinski definition) is 1. The molecule has 1 aromatic rings. The summed E-state index contributed by atoms with van der Waals surface area (Å²) in [6, 6.07) is 1.81. The molecule has 0 radical (unpaired) electrons. The Hall–Kier alpha value is 0.0500. The third-order valence-corrected chi connectivity index (χ3v) is 7.31. The number of nitrogens with one attached hydrogen (secondary N) is 1. The molecule has 1 atom stereocenters. The van der Waals surface area contributed by atoms with Gasteiger partial charge in [-0.2, -0.15) is 4.31 Å². The van der Waals surface area contributed by atoms with Crippen LogP contribution >= 0.6 is 27.3 Å². The Morgan fingerprint density at radius 1 is 1.55 bits per heavy atom. The Bertz CT molecular complexity index is 551. The first-order chi connectivity index (χ1) is 9.46. The van der Waals surface area contributed by atoms with Crippen LogP contribution in [0.5, 0.6) is 0 Å². The molecule has 1 aromatic heterocycles. The number of piperidine rings is 1. The molecule has 1 unspecified atom stereocenters. The Morgan fingerprint density at radius 3 is 2.80 bits per heavy atom. The summed E-state index contributed by atoms with van der Waals surface area (Å²) in [6.45, 7) is 6.21. The summed E-state index contributed by atoms with van der Waals surface area (Å²) < 4.78 is 28.4. The molecule has 1 saturated heterocycles. The van der Waals surface area contributed by atoms with Crippen LogP contribution in [0.25, 0.3) is 0 Å². The number of thiophene rings is 1. The molecule has 1 aliphatic rings. The summed E-state index contributed by atoms with van der Waals surface area (Å²) in [5.41, 5.74) is 0. The summed E-state index contributed by atoms with van der Waals surface area (Å²) >= 11 is 4.86. The Kier molecular flexibility index (Phi) is 5.64. The van der Waals surface area contributed by atoms with Crippen LogP contribution in [0.15, 0.2) is 14.7 Å². The van der Waals surface area contributed by atoms with E-state index in [-0.39, 0.29) is 6.04 Å². The number of nitrogens with zero attached hydrogens (tertiary/aromatic N) is 1. The highest BCUT2D eigenvalue weighted by molar-refractivity contribution is 9.11. The van der Waals surface area contributed by atoms with E-state index in [9.17, 15) is 8.42 Å². The number of sulfonamides is 1. The Morgan fingerprint density at radius 2 is 2.30 bits per heavy atom. The molecule has 0 spiro atoms. The minimum absolute atomic E-state index is 0.0757. The van der Waals surface area contributed by atoms with Gasteiger partial charge < -0.3 is 5.32 Å². The summed E-state index contributed by atoms with van der Waals surface area (Å²) in [6.07, 6.45) is 2.81. The van der Waals surface area contributed by atoms with Gasteiger partial charge in [0.15, 0.2) is 0 Å². The van der Waals surface area contributed by atoms with Crippen molar-refractivity contribution >= 4 is 37.3 Å². The molecule has 0 saturated carbocycles. The quantitative estimate of drug-likeness (QED) is 0.853. The number of halogens is 1. The van der Waals surface area contributed by atoms with Crippen molar-refractivity contribution in [2.24, 2.45) is 0 Å². The number of rotatable bonds is 5. The number of aryl methyl sites for hydroxylation is 1. The lowest BCUT2D eigenvalue weighted by molar-refractivity contribution is 0.266. The summed E-state index contributed by atoms with van der Waals surface area (Å²) in [4.78, 5) is 1.30. The zero-order valence-corrected chi connectivity index (χ0v) is 15.1. The van der Waals surface area contributed by atoms with E-state index in [4.69, 9.17) is 0 Å². The molecular weight excluding hydrogens is 360 g/mol. The third-order valence-electron chi connectivity index (χ3n) is 3.55. The predicted octanol–water partition coefficient (Wildman–Crippen LogP) is 2.97. The number of hydrogen-bond acceptors (Lipinski definition) is 4. The second kappa shape index (κ2) is 6.87. The topological polar surface area (TPSA) is 49.4 Å². The Labute approximate surface area is 133 Å². The summed E-state index contributed by atoms with van der Waals surface area (Å²) in [7, 11) is -3.40. The minimum Gasteiger partial charge on any atom is -0.315 e. The summed E-state index contributed by atoms with van der Waals surface area (Å²) in [5.74, 6) is 0. The van der Waals surface area contributed by atoms with Crippen molar-refractivity contribution < 1.29 is 8.42 Å². The fraction of sp³-hybridized carbons (Fsp3) is 0.692. The van der Waals surface area contributed by atoms with E-state index in [0.717, 1.165) is 41.0 Å². The first-order valence-corrected chi connectivity index (χ1v) is 10.00. The fourth-order valence-corrected chi connectivity index (χ4v) is 6.74. The van der Waals surface area contributed by atoms with Gasteiger partial charge in [-0.1, -0.05) is 6.92 Å². The van der Waals surface area contributed by atoms with Crippen molar-refractivity contribution in [3.8, 4) is 0 Å². The molecule has 7 heteroatoms. The molecule has 1 aliphatic heterocycles. The van der Waals surface area contributed by atoms with Crippen LogP contribution in [0, 0.1) is 6.92 Å². The molecule has 114 valence electrons. The van der Waals surface area contributed by atoms with Gasteiger partial charge in [0.05, 0.1) is 8.68 Å². The first kappa shape index (κ1) is 16.4. The van der Waals surface area contributed by atoms with Crippen molar-refractivity contribution in [2.75, 3.05) is 19.6 Å². The van der Waals surface area contributed by atoms with Crippen LogP contribution in [0.4, 0.5) is 0 Å².